The molecule has 3 aliphatic rings. The average molecular weight is 340 g/mol. The highest BCUT2D eigenvalue weighted by atomic mass is 16.7. The molecule has 0 bridgehead atoms. The molecule has 3 fully saturated rings. The molecule has 3 rings (SSSR count). The van der Waals surface area contributed by atoms with E-state index in [-0.39, 0.29) is 5.91 Å². The van der Waals surface area contributed by atoms with Crippen LogP contribution in [0.1, 0.15) is 39.5 Å². The van der Waals surface area contributed by atoms with E-state index in [4.69, 9.17) is 14.2 Å². The first kappa shape index (κ1) is 18.1. The quantitative estimate of drug-likeness (QED) is 0.759. The predicted octanol–water partition coefficient (Wildman–Crippen LogP) is 1.49. The monoisotopic (exact) mass is 340 g/mol. The van der Waals surface area contributed by atoms with Gasteiger partial charge in [-0.15, -0.1) is 0 Å². The molecule has 0 unspecified atom stereocenters. The predicted molar refractivity (Wildman–Crippen MR) is 90.7 cm³/mol. The first-order chi connectivity index (χ1) is 11.6. The zero-order valence-corrected chi connectivity index (χ0v) is 15.2. The van der Waals surface area contributed by atoms with Crippen LogP contribution in [0.15, 0.2) is 0 Å². The minimum Gasteiger partial charge on any atom is -0.378 e. The van der Waals surface area contributed by atoms with Gasteiger partial charge in [0.15, 0.2) is 5.79 Å². The number of carbonyl (C=O) groups excluding carboxylic acids is 1. The Morgan fingerprint density at radius 1 is 1.12 bits per heavy atom. The molecule has 3 saturated heterocycles. The number of ether oxygens (including phenoxy) is 3. The zero-order chi connectivity index (χ0) is 17.0. The van der Waals surface area contributed by atoms with E-state index in [1.165, 1.54) is 0 Å². The largest absolute Gasteiger partial charge is 0.378 e. The number of piperidine rings is 2. The van der Waals surface area contributed by atoms with E-state index in [0.29, 0.717) is 31.8 Å². The third-order valence-corrected chi connectivity index (χ3v) is 5.25. The maximum atomic E-state index is 12.5. The first-order valence-electron chi connectivity index (χ1n) is 9.46. The number of likely N-dealkylation sites (tertiary alicyclic amines) is 2. The zero-order valence-electron chi connectivity index (χ0n) is 15.2. The molecule has 0 saturated carbocycles. The number of hydrogen-bond donors (Lipinski definition) is 0. The summed E-state index contributed by atoms with van der Waals surface area (Å²) in [6, 6.07) is 0. The minimum absolute atomic E-state index is 0.240. The van der Waals surface area contributed by atoms with Crippen molar-refractivity contribution in [2.45, 2.75) is 51.4 Å². The molecule has 6 nitrogen and oxygen atoms in total. The van der Waals surface area contributed by atoms with E-state index < -0.39 is 5.79 Å². The fourth-order valence-electron chi connectivity index (χ4n) is 3.74. The van der Waals surface area contributed by atoms with Crippen LogP contribution in [0.5, 0.6) is 0 Å². The lowest BCUT2D eigenvalue weighted by Crippen LogP contribution is -2.50. The van der Waals surface area contributed by atoms with Crippen molar-refractivity contribution in [3.05, 3.63) is 0 Å². The van der Waals surface area contributed by atoms with Crippen LogP contribution in [-0.4, -0.2) is 80.1 Å². The maximum absolute atomic E-state index is 12.5. The van der Waals surface area contributed by atoms with Crippen molar-refractivity contribution in [1.82, 2.24) is 9.80 Å². The summed E-state index contributed by atoms with van der Waals surface area (Å²) < 4.78 is 17.4. The van der Waals surface area contributed by atoms with E-state index in [0.717, 1.165) is 58.5 Å². The van der Waals surface area contributed by atoms with Gasteiger partial charge in [-0.25, -0.2) is 0 Å². The van der Waals surface area contributed by atoms with E-state index in [9.17, 15) is 4.79 Å². The van der Waals surface area contributed by atoms with Crippen LogP contribution >= 0.6 is 0 Å². The van der Waals surface area contributed by atoms with E-state index in [2.05, 4.69) is 18.7 Å². The summed E-state index contributed by atoms with van der Waals surface area (Å²) in [4.78, 5) is 16.8. The van der Waals surface area contributed by atoms with Crippen LogP contribution in [0.4, 0.5) is 0 Å². The molecule has 0 aromatic heterocycles. The smallest absolute Gasteiger partial charge is 0.236 e. The van der Waals surface area contributed by atoms with Gasteiger partial charge in [0.1, 0.15) is 0 Å². The molecular weight excluding hydrogens is 308 g/mol. The molecule has 0 N–H and O–H groups in total. The molecule has 1 amide bonds. The molecule has 0 aliphatic carbocycles. The molecule has 0 aromatic rings. The lowest BCUT2D eigenvalue weighted by molar-refractivity contribution is -0.187. The highest BCUT2D eigenvalue weighted by molar-refractivity contribution is 5.78. The molecule has 0 radical (unpaired) electrons. The SMILES string of the molecule is CC(C)COC1CCN(CC(=O)N2CCC3(CC2)OCCO3)CC1. The van der Waals surface area contributed by atoms with Crippen LogP contribution in [-0.2, 0) is 19.0 Å². The summed E-state index contributed by atoms with van der Waals surface area (Å²) in [5.41, 5.74) is 0. The number of rotatable bonds is 5. The Bertz CT molecular complexity index is 405. The standard InChI is InChI=1S/C18H32N2O4/c1-15(2)14-22-16-3-7-19(8-4-16)13-17(21)20-9-5-18(6-10-20)23-11-12-24-18/h15-16H,3-14H2,1-2H3. The lowest BCUT2D eigenvalue weighted by atomic mass is 10.0. The van der Waals surface area contributed by atoms with Gasteiger partial charge in [-0.3, -0.25) is 9.69 Å². The minimum atomic E-state index is -0.400. The summed E-state index contributed by atoms with van der Waals surface area (Å²) in [6.45, 7) is 10.5. The van der Waals surface area contributed by atoms with Crippen LogP contribution < -0.4 is 0 Å². The molecular formula is C18H32N2O4. The highest BCUT2D eigenvalue weighted by Gasteiger charge is 2.40. The average Bonchev–Trinajstić information content (AvgIpc) is 3.03. The van der Waals surface area contributed by atoms with E-state index in [1.54, 1.807) is 0 Å². The normalized spacial score (nSPS) is 25.7. The Balaban J connectivity index is 1.36. The van der Waals surface area contributed by atoms with Crippen molar-refractivity contribution in [1.29, 1.82) is 0 Å². The maximum Gasteiger partial charge on any atom is 0.236 e. The Morgan fingerprint density at radius 3 is 2.33 bits per heavy atom. The second-order valence-electron chi connectivity index (χ2n) is 7.69. The molecule has 24 heavy (non-hydrogen) atoms. The van der Waals surface area contributed by atoms with Gasteiger partial charge in [-0.2, -0.15) is 0 Å². The fraction of sp³-hybridized carbons (Fsp3) is 0.944. The van der Waals surface area contributed by atoms with Gasteiger partial charge >= 0.3 is 0 Å². The molecule has 3 heterocycles. The van der Waals surface area contributed by atoms with Crippen molar-refractivity contribution in [3.8, 4) is 0 Å². The summed E-state index contributed by atoms with van der Waals surface area (Å²) in [7, 11) is 0. The Morgan fingerprint density at radius 2 is 1.75 bits per heavy atom. The summed E-state index contributed by atoms with van der Waals surface area (Å²) in [5, 5.41) is 0. The van der Waals surface area contributed by atoms with Gasteiger partial charge in [-0.1, -0.05) is 13.8 Å². The Hall–Kier alpha value is -0.690. The van der Waals surface area contributed by atoms with Gasteiger partial charge in [0.25, 0.3) is 0 Å². The fourth-order valence-corrected chi connectivity index (χ4v) is 3.74. The molecule has 0 aromatic carbocycles. The van der Waals surface area contributed by atoms with E-state index >= 15 is 0 Å². The molecule has 138 valence electrons. The molecule has 0 atom stereocenters. The lowest BCUT2D eigenvalue weighted by Gasteiger charge is -2.39. The third-order valence-electron chi connectivity index (χ3n) is 5.25. The summed E-state index contributed by atoms with van der Waals surface area (Å²) in [5.74, 6) is 0.423. The van der Waals surface area contributed by atoms with E-state index in [1.807, 2.05) is 4.90 Å². The Labute approximate surface area is 145 Å². The molecule has 6 heteroatoms. The van der Waals surface area contributed by atoms with Gasteiger partial charge in [0.05, 0.1) is 25.9 Å². The summed E-state index contributed by atoms with van der Waals surface area (Å²) >= 11 is 0. The molecule has 1 spiro atoms. The van der Waals surface area contributed by atoms with Gasteiger partial charge in [0, 0.05) is 45.6 Å². The topological polar surface area (TPSA) is 51.2 Å². The number of nitrogens with zero attached hydrogens (tertiary/aromatic N) is 2. The first-order valence-corrected chi connectivity index (χ1v) is 9.46. The molecule has 3 aliphatic heterocycles. The van der Waals surface area contributed by atoms with Crippen molar-refractivity contribution < 1.29 is 19.0 Å². The van der Waals surface area contributed by atoms with Crippen LogP contribution in [0.3, 0.4) is 0 Å². The van der Waals surface area contributed by atoms with Crippen molar-refractivity contribution in [3.63, 3.8) is 0 Å². The second kappa shape index (κ2) is 8.13. The second-order valence-corrected chi connectivity index (χ2v) is 7.69. The van der Waals surface area contributed by atoms with Crippen LogP contribution in [0.25, 0.3) is 0 Å². The van der Waals surface area contributed by atoms with Gasteiger partial charge in [-0.05, 0) is 18.8 Å². The van der Waals surface area contributed by atoms with Gasteiger partial charge < -0.3 is 19.1 Å². The van der Waals surface area contributed by atoms with Crippen molar-refractivity contribution in [2.24, 2.45) is 5.92 Å². The number of hydrogen-bond acceptors (Lipinski definition) is 5. The number of carbonyl (C=O) groups is 1. The highest BCUT2D eigenvalue weighted by Crippen LogP contribution is 2.31. The number of amides is 1. The third kappa shape index (κ3) is 4.69. The van der Waals surface area contributed by atoms with Crippen molar-refractivity contribution in [2.75, 3.05) is 52.5 Å². The van der Waals surface area contributed by atoms with Crippen LogP contribution in [0.2, 0.25) is 0 Å². The van der Waals surface area contributed by atoms with Gasteiger partial charge in [0.2, 0.25) is 5.91 Å². The Kier molecular flexibility index (Phi) is 6.13. The summed E-state index contributed by atoms with van der Waals surface area (Å²) in [6.07, 6.45) is 4.02. The van der Waals surface area contributed by atoms with Crippen molar-refractivity contribution >= 4 is 5.91 Å². The van der Waals surface area contributed by atoms with Crippen LogP contribution in [0, 0.1) is 5.92 Å².